The Morgan fingerprint density at radius 2 is 2.00 bits per heavy atom. The van der Waals surface area contributed by atoms with E-state index < -0.39 is 0 Å². The zero-order valence-electron chi connectivity index (χ0n) is 13.3. The Morgan fingerprint density at radius 1 is 1.27 bits per heavy atom. The van der Waals surface area contributed by atoms with Crippen molar-refractivity contribution in [3.8, 4) is 0 Å². The lowest BCUT2D eigenvalue weighted by atomic mass is 10.0. The summed E-state index contributed by atoms with van der Waals surface area (Å²) >= 11 is 0. The van der Waals surface area contributed by atoms with E-state index in [0.29, 0.717) is 19.6 Å². The lowest BCUT2D eigenvalue weighted by Gasteiger charge is -2.29. The molecule has 0 aliphatic carbocycles. The van der Waals surface area contributed by atoms with Gasteiger partial charge in [-0.25, -0.2) is 4.79 Å². The maximum Gasteiger partial charge on any atom is 0.318 e. The molecule has 120 valence electrons. The highest BCUT2D eigenvalue weighted by Crippen LogP contribution is 2.18. The first kappa shape index (κ1) is 16.3. The Balaban J connectivity index is 1.80. The summed E-state index contributed by atoms with van der Waals surface area (Å²) in [6, 6.07) is 7.98. The van der Waals surface area contributed by atoms with Crippen LogP contribution in [0.25, 0.3) is 0 Å². The predicted octanol–water partition coefficient (Wildman–Crippen LogP) is 0.432. The summed E-state index contributed by atoms with van der Waals surface area (Å²) in [4.78, 5) is 27.4. The minimum atomic E-state index is -0.176. The topological polar surface area (TPSA) is 64.7 Å². The van der Waals surface area contributed by atoms with Gasteiger partial charge in [0.05, 0.1) is 6.54 Å². The van der Waals surface area contributed by atoms with Crippen LogP contribution >= 0.6 is 0 Å². The van der Waals surface area contributed by atoms with Crippen molar-refractivity contribution < 1.29 is 9.59 Å². The average molecular weight is 304 g/mol. The Labute approximate surface area is 131 Å². The van der Waals surface area contributed by atoms with Gasteiger partial charge in [0.1, 0.15) is 0 Å². The molecule has 0 unspecified atom stereocenters. The minimum absolute atomic E-state index is 0.0389. The fraction of sp³-hybridized carbons (Fsp3) is 0.500. The fourth-order valence-electron chi connectivity index (χ4n) is 2.47. The zero-order valence-corrected chi connectivity index (χ0v) is 13.3. The number of fused-ring (bicyclic) bond motifs is 1. The molecule has 0 atom stereocenters. The van der Waals surface area contributed by atoms with Crippen LogP contribution in [0.15, 0.2) is 24.3 Å². The molecule has 2 rings (SSSR count). The lowest BCUT2D eigenvalue weighted by molar-refractivity contribution is -0.128. The summed E-state index contributed by atoms with van der Waals surface area (Å²) in [5, 5.41) is 5.71. The number of hydrogen-bond acceptors (Lipinski definition) is 3. The number of carbonyl (C=O) groups is 2. The maximum absolute atomic E-state index is 12.2. The van der Waals surface area contributed by atoms with E-state index in [1.54, 1.807) is 16.8 Å². The van der Waals surface area contributed by atoms with E-state index in [4.69, 9.17) is 0 Å². The van der Waals surface area contributed by atoms with Crippen LogP contribution < -0.4 is 10.6 Å². The zero-order chi connectivity index (χ0) is 15.9. The van der Waals surface area contributed by atoms with Gasteiger partial charge in [0.2, 0.25) is 5.91 Å². The second-order valence-electron chi connectivity index (χ2n) is 5.52. The molecule has 0 radical (unpaired) electrons. The molecule has 1 aliphatic rings. The summed E-state index contributed by atoms with van der Waals surface area (Å²) in [6.07, 6.45) is 0.861. The molecule has 22 heavy (non-hydrogen) atoms. The van der Waals surface area contributed by atoms with Crippen LogP contribution in [0.2, 0.25) is 0 Å². The van der Waals surface area contributed by atoms with Crippen LogP contribution in [0, 0.1) is 0 Å². The van der Waals surface area contributed by atoms with Gasteiger partial charge in [0, 0.05) is 33.2 Å². The lowest BCUT2D eigenvalue weighted by Crippen LogP contribution is -2.47. The molecular formula is C16H24N4O2. The Kier molecular flexibility index (Phi) is 5.77. The van der Waals surface area contributed by atoms with Gasteiger partial charge in [-0.2, -0.15) is 0 Å². The summed E-state index contributed by atoms with van der Waals surface area (Å²) in [6.45, 7) is 2.69. The highest BCUT2D eigenvalue weighted by Gasteiger charge is 2.20. The quantitative estimate of drug-likeness (QED) is 0.829. The Morgan fingerprint density at radius 3 is 2.73 bits per heavy atom. The predicted molar refractivity (Wildman–Crippen MR) is 85.5 cm³/mol. The number of carbonyl (C=O) groups excluding carboxylic acids is 2. The van der Waals surface area contributed by atoms with E-state index in [1.165, 1.54) is 11.1 Å². The highest BCUT2D eigenvalue weighted by molar-refractivity contribution is 5.84. The molecular weight excluding hydrogens is 280 g/mol. The number of rotatable bonds is 5. The molecule has 0 spiro atoms. The maximum atomic E-state index is 12.2. The second kappa shape index (κ2) is 7.79. The summed E-state index contributed by atoms with van der Waals surface area (Å²) in [7, 11) is 3.58. The standard InChI is InChI=1S/C16H24N4O2/c1-17-8-10-19(2)15(21)11-18-16(22)20-9-7-13-5-3-4-6-14(13)12-20/h3-6,17H,7-12H2,1-2H3,(H,18,22). The first-order valence-electron chi connectivity index (χ1n) is 7.60. The van der Waals surface area contributed by atoms with E-state index in [2.05, 4.69) is 16.7 Å². The van der Waals surface area contributed by atoms with Crippen LogP contribution in [0.3, 0.4) is 0 Å². The van der Waals surface area contributed by atoms with E-state index in [1.807, 2.05) is 25.2 Å². The van der Waals surface area contributed by atoms with Crippen molar-refractivity contribution in [2.45, 2.75) is 13.0 Å². The van der Waals surface area contributed by atoms with Gasteiger partial charge in [-0.3, -0.25) is 4.79 Å². The third-order valence-electron chi connectivity index (χ3n) is 3.93. The van der Waals surface area contributed by atoms with Crippen LogP contribution in [0.4, 0.5) is 4.79 Å². The van der Waals surface area contributed by atoms with Gasteiger partial charge in [-0.05, 0) is 24.6 Å². The largest absolute Gasteiger partial charge is 0.343 e. The first-order valence-corrected chi connectivity index (χ1v) is 7.60. The highest BCUT2D eigenvalue weighted by atomic mass is 16.2. The normalized spacial score (nSPS) is 13.5. The number of amides is 3. The van der Waals surface area contributed by atoms with Crippen molar-refractivity contribution in [1.29, 1.82) is 0 Å². The smallest absolute Gasteiger partial charge is 0.318 e. The van der Waals surface area contributed by atoms with Crippen molar-refractivity contribution in [2.24, 2.45) is 0 Å². The SMILES string of the molecule is CNCCN(C)C(=O)CNC(=O)N1CCc2ccccc2C1. The van der Waals surface area contributed by atoms with Crippen LogP contribution in [0.5, 0.6) is 0 Å². The van der Waals surface area contributed by atoms with Crippen LogP contribution in [-0.2, 0) is 17.8 Å². The molecule has 0 fully saturated rings. The van der Waals surface area contributed by atoms with Crippen molar-refractivity contribution in [3.05, 3.63) is 35.4 Å². The van der Waals surface area contributed by atoms with Crippen molar-refractivity contribution in [1.82, 2.24) is 20.4 Å². The Bertz CT molecular complexity index is 533. The van der Waals surface area contributed by atoms with Gasteiger partial charge in [-0.15, -0.1) is 0 Å². The number of nitrogens with one attached hydrogen (secondary N) is 2. The molecule has 0 saturated heterocycles. The van der Waals surface area contributed by atoms with Crippen molar-refractivity contribution >= 4 is 11.9 Å². The van der Waals surface area contributed by atoms with Gasteiger partial charge >= 0.3 is 6.03 Å². The van der Waals surface area contributed by atoms with Gasteiger partial charge in [0.25, 0.3) is 0 Å². The third kappa shape index (κ3) is 4.21. The minimum Gasteiger partial charge on any atom is -0.343 e. The monoisotopic (exact) mass is 304 g/mol. The third-order valence-corrected chi connectivity index (χ3v) is 3.93. The van der Waals surface area contributed by atoms with E-state index >= 15 is 0 Å². The summed E-state index contributed by atoms with van der Waals surface area (Å²) in [5.41, 5.74) is 2.48. The van der Waals surface area contributed by atoms with Gasteiger partial charge in [-0.1, -0.05) is 24.3 Å². The Hall–Kier alpha value is -2.08. The molecule has 0 bridgehead atoms. The van der Waals surface area contributed by atoms with Gasteiger partial charge < -0.3 is 20.4 Å². The molecule has 1 heterocycles. The van der Waals surface area contributed by atoms with E-state index in [-0.39, 0.29) is 18.5 Å². The number of benzene rings is 1. The number of hydrogen-bond donors (Lipinski definition) is 2. The number of urea groups is 1. The van der Waals surface area contributed by atoms with E-state index in [0.717, 1.165) is 13.0 Å². The van der Waals surface area contributed by atoms with Crippen molar-refractivity contribution in [2.75, 3.05) is 40.3 Å². The molecule has 0 aromatic heterocycles. The molecule has 6 heteroatoms. The molecule has 3 amide bonds. The average Bonchev–Trinajstić information content (AvgIpc) is 2.56. The molecule has 1 aliphatic heterocycles. The van der Waals surface area contributed by atoms with Crippen LogP contribution in [0.1, 0.15) is 11.1 Å². The fourth-order valence-corrected chi connectivity index (χ4v) is 2.47. The second-order valence-corrected chi connectivity index (χ2v) is 5.52. The van der Waals surface area contributed by atoms with Gasteiger partial charge in [0.15, 0.2) is 0 Å². The molecule has 1 aromatic rings. The van der Waals surface area contributed by atoms with Crippen molar-refractivity contribution in [3.63, 3.8) is 0 Å². The molecule has 6 nitrogen and oxygen atoms in total. The number of nitrogens with zero attached hydrogens (tertiary/aromatic N) is 2. The van der Waals surface area contributed by atoms with Crippen LogP contribution in [-0.4, -0.2) is 62.0 Å². The molecule has 1 aromatic carbocycles. The number of likely N-dealkylation sites (N-methyl/N-ethyl adjacent to an activating group) is 2. The van der Waals surface area contributed by atoms with E-state index in [9.17, 15) is 9.59 Å². The first-order chi connectivity index (χ1) is 10.6. The molecule has 2 N–H and O–H groups in total. The summed E-state index contributed by atoms with van der Waals surface area (Å²) < 4.78 is 0. The molecule has 0 saturated carbocycles. The summed E-state index contributed by atoms with van der Waals surface area (Å²) in [5.74, 6) is -0.0824.